The molecule has 0 saturated carbocycles. The van der Waals surface area contributed by atoms with E-state index in [0.717, 1.165) is 16.3 Å². The molecule has 1 saturated heterocycles. The van der Waals surface area contributed by atoms with Gasteiger partial charge < -0.3 is 5.32 Å². The zero-order valence-electron chi connectivity index (χ0n) is 10.3. The van der Waals surface area contributed by atoms with Gasteiger partial charge in [-0.1, -0.05) is 12.1 Å². The lowest BCUT2D eigenvalue weighted by Gasteiger charge is -2.02. The van der Waals surface area contributed by atoms with Crippen molar-refractivity contribution in [3.63, 3.8) is 0 Å². The maximum Gasteiger partial charge on any atom is 0.276 e. The van der Waals surface area contributed by atoms with E-state index >= 15 is 0 Å². The summed E-state index contributed by atoms with van der Waals surface area (Å²) in [5.41, 5.74) is 1.45. The van der Waals surface area contributed by atoms with Gasteiger partial charge in [-0.05, 0) is 41.4 Å². The van der Waals surface area contributed by atoms with Gasteiger partial charge in [0.1, 0.15) is 5.70 Å². The third kappa shape index (κ3) is 2.08. The molecular weight excluding hydrogens is 258 g/mol. The molecule has 1 aromatic carbocycles. The molecule has 1 aliphatic rings. The van der Waals surface area contributed by atoms with Crippen LogP contribution in [0.25, 0.3) is 16.8 Å². The van der Waals surface area contributed by atoms with Gasteiger partial charge in [0.2, 0.25) is 0 Å². The Bertz CT molecular complexity index is 723. The molecule has 19 heavy (non-hydrogen) atoms. The SMILES string of the molecule is CN1C(=O)/C(=C/c2ccc3cnccc3c2)NC1=S. The number of rotatable bonds is 1. The van der Waals surface area contributed by atoms with Crippen molar-refractivity contribution < 1.29 is 4.79 Å². The molecule has 0 radical (unpaired) electrons. The average Bonchev–Trinajstić information content (AvgIpc) is 2.66. The molecule has 5 heteroatoms. The van der Waals surface area contributed by atoms with Crippen LogP contribution in [0.2, 0.25) is 0 Å². The Hall–Kier alpha value is -2.27. The second-order valence-electron chi connectivity index (χ2n) is 4.33. The molecule has 2 heterocycles. The van der Waals surface area contributed by atoms with E-state index in [0.29, 0.717) is 10.8 Å². The van der Waals surface area contributed by atoms with Crippen molar-refractivity contribution in [2.75, 3.05) is 7.05 Å². The van der Waals surface area contributed by atoms with Gasteiger partial charge in [-0.2, -0.15) is 0 Å². The summed E-state index contributed by atoms with van der Waals surface area (Å²) in [5, 5.41) is 5.50. The summed E-state index contributed by atoms with van der Waals surface area (Å²) in [6.07, 6.45) is 5.37. The second kappa shape index (κ2) is 4.44. The number of nitrogens with zero attached hydrogens (tertiary/aromatic N) is 2. The molecule has 0 unspecified atom stereocenters. The van der Waals surface area contributed by atoms with E-state index in [1.54, 1.807) is 19.3 Å². The Morgan fingerprint density at radius 1 is 1.32 bits per heavy atom. The quantitative estimate of drug-likeness (QED) is 0.634. The predicted octanol–water partition coefficient (Wildman–Crippen LogP) is 1.92. The van der Waals surface area contributed by atoms with Crippen LogP contribution in [0.4, 0.5) is 0 Å². The van der Waals surface area contributed by atoms with Gasteiger partial charge in [0.05, 0.1) is 0 Å². The standard InChI is InChI=1S/C14H11N3OS/c1-17-13(18)12(16-14(17)19)7-9-2-3-11-8-15-5-4-10(11)6-9/h2-8H,1H3,(H,16,19)/b12-7-. The summed E-state index contributed by atoms with van der Waals surface area (Å²) in [6, 6.07) is 7.89. The average molecular weight is 269 g/mol. The monoisotopic (exact) mass is 269 g/mol. The maximum absolute atomic E-state index is 11.9. The first-order valence-corrected chi connectivity index (χ1v) is 6.20. The topological polar surface area (TPSA) is 45.2 Å². The van der Waals surface area contributed by atoms with Gasteiger partial charge in [0.25, 0.3) is 5.91 Å². The molecule has 4 nitrogen and oxygen atoms in total. The van der Waals surface area contributed by atoms with Crippen molar-refractivity contribution in [2.24, 2.45) is 0 Å². The fourth-order valence-corrected chi connectivity index (χ4v) is 2.17. The number of carbonyl (C=O) groups excluding carboxylic acids is 1. The largest absolute Gasteiger partial charge is 0.328 e. The van der Waals surface area contributed by atoms with E-state index in [4.69, 9.17) is 12.2 Å². The van der Waals surface area contributed by atoms with E-state index in [1.807, 2.05) is 30.5 Å². The van der Waals surface area contributed by atoms with Crippen LogP contribution >= 0.6 is 12.2 Å². The molecule has 0 bridgehead atoms. The number of carbonyl (C=O) groups is 1. The number of nitrogens with one attached hydrogen (secondary N) is 1. The van der Waals surface area contributed by atoms with Crippen LogP contribution in [-0.4, -0.2) is 28.0 Å². The van der Waals surface area contributed by atoms with Crippen LogP contribution in [0.5, 0.6) is 0 Å². The highest BCUT2D eigenvalue weighted by atomic mass is 32.1. The minimum atomic E-state index is -0.111. The molecule has 2 aromatic rings. The summed E-state index contributed by atoms with van der Waals surface area (Å²) in [6.45, 7) is 0. The van der Waals surface area contributed by atoms with Crippen molar-refractivity contribution in [1.82, 2.24) is 15.2 Å². The highest BCUT2D eigenvalue weighted by Gasteiger charge is 2.26. The van der Waals surface area contributed by atoms with E-state index in [2.05, 4.69) is 10.3 Å². The molecule has 1 aliphatic heterocycles. The first-order valence-electron chi connectivity index (χ1n) is 5.80. The van der Waals surface area contributed by atoms with E-state index in [-0.39, 0.29) is 5.91 Å². The highest BCUT2D eigenvalue weighted by Crippen LogP contribution is 2.18. The highest BCUT2D eigenvalue weighted by molar-refractivity contribution is 7.80. The molecule has 1 N–H and O–H groups in total. The summed E-state index contributed by atoms with van der Waals surface area (Å²) in [5.74, 6) is -0.111. The Morgan fingerprint density at radius 2 is 2.16 bits per heavy atom. The van der Waals surface area contributed by atoms with Gasteiger partial charge >= 0.3 is 0 Å². The molecule has 94 valence electrons. The first-order chi connectivity index (χ1) is 9.15. The number of pyridine rings is 1. The van der Waals surface area contributed by atoms with Crippen molar-refractivity contribution >= 4 is 40.1 Å². The van der Waals surface area contributed by atoms with Gasteiger partial charge in [-0.3, -0.25) is 14.7 Å². The number of benzene rings is 1. The predicted molar refractivity (Wildman–Crippen MR) is 78.2 cm³/mol. The first kappa shape index (κ1) is 11.8. The summed E-state index contributed by atoms with van der Waals surface area (Å²) in [4.78, 5) is 17.4. The number of thiocarbonyl (C=S) groups is 1. The number of likely N-dealkylation sites (N-methyl/N-ethyl adjacent to an activating group) is 1. The van der Waals surface area contributed by atoms with E-state index in [1.165, 1.54) is 4.90 Å². The molecule has 0 spiro atoms. The molecule has 1 aromatic heterocycles. The molecule has 1 amide bonds. The lowest BCUT2D eigenvalue weighted by Crippen LogP contribution is -2.25. The summed E-state index contributed by atoms with van der Waals surface area (Å²) < 4.78 is 0. The molecule has 0 atom stereocenters. The lowest BCUT2D eigenvalue weighted by atomic mass is 10.1. The molecule has 3 rings (SSSR count). The Morgan fingerprint density at radius 3 is 2.89 bits per heavy atom. The van der Waals surface area contributed by atoms with Gasteiger partial charge in [-0.25, -0.2) is 0 Å². The third-order valence-corrected chi connectivity index (χ3v) is 3.43. The third-order valence-electron chi connectivity index (χ3n) is 3.06. The fourth-order valence-electron chi connectivity index (χ4n) is 1.98. The number of hydrogen-bond donors (Lipinski definition) is 1. The number of hydrogen-bond acceptors (Lipinski definition) is 3. The second-order valence-corrected chi connectivity index (χ2v) is 4.72. The number of fused-ring (bicyclic) bond motifs is 1. The minimum absolute atomic E-state index is 0.111. The Balaban J connectivity index is 2.02. The lowest BCUT2D eigenvalue weighted by molar-refractivity contribution is -0.121. The van der Waals surface area contributed by atoms with E-state index in [9.17, 15) is 4.79 Å². The van der Waals surface area contributed by atoms with Crippen LogP contribution in [0.15, 0.2) is 42.4 Å². The molecule has 0 aliphatic carbocycles. The Kier molecular flexibility index (Phi) is 2.76. The fraction of sp³-hybridized carbons (Fsp3) is 0.0714. The number of amides is 1. The normalized spacial score (nSPS) is 17.3. The Labute approximate surface area is 115 Å². The maximum atomic E-state index is 11.9. The van der Waals surface area contributed by atoms with Crippen LogP contribution < -0.4 is 5.32 Å². The van der Waals surface area contributed by atoms with Crippen molar-refractivity contribution in [1.29, 1.82) is 0 Å². The summed E-state index contributed by atoms with van der Waals surface area (Å²) >= 11 is 5.03. The van der Waals surface area contributed by atoms with Gasteiger partial charge in [0.15, 0.2) is 5.11 Å². The van der Waals surface area contributed by atoms with Gasteiger partial charge in [0, 0.05) is 24.8 Å². The minimum Gasteiger partial charge on any atom is -0.328 e. The summed E-state index contributed by atoms with van der Waals surface area (Å²) in [7, 11) is 1.66. The smallest absolute Gasteiger partial charge is 0.276 e. The zero-order valence-corrected chi connectivity index (χ0v) is 11.1. The molecular formula is C14H11N3OS. The number of aromatic nitrogens is 1. The van der Waals surface area contributed by atoms with Crippen molar-refractivity contribution in [3.05, 3.63) is 47.9 Å². The molecule has 1 fully saturated rings. The van der Waals surface area contributed by atoms with Crippen LogP contribution in [0.3, 0.4) is 0 Å². The van der Waals surface area contributed by atoms with Gasteiger partial charge in [-0.15, -0.1) is 0 Å². The van der Waals surface area contributed by atoms with E-state index < -0.39 is 0 Å². The van der Waals surface area contributed by atoms with Crippen molar-refractivity contribution in [3.8, 4) is 0 Å². The van der Waals surface area contributed by atoms with Crippen molar-refractivity contribution in [2.45, 2.75) is 0 Å². The van der Waals surface area contributed by atoms with Crippen LogP contribution in [0, 0.1) is 0 Å². The zero-order chi connectivity index (χ0) is 13.4. The van der Waals surface area contributed by atoms with Crippen LogP contribution in [-0.2, 0) is 4.79 Å². The van der Waals surface area contributed by atoms with Crippen LogP contribution in [0.1, 0.15) is 5.56 Å².